The number of nitrogens with one attached hydrogen (secondary N) is 1. The summed E-state index contributed by atoms with van der Waals surface area (Å²) >= 11 is 0. The molecule has 1 N–H and O–H groups in total. The molecule has 0 aliphatic carbocycles. The van der Waals surface area contributed by atoms with Crippen molar-refractivity contribution in [1.82, 2.24) is 20.0 Å². The summed E-state index contributed by atoms with van der Waals surface area (Å²) in [7, 11) is 5.53. The fraction of sp³-hybridized carbons (Fsp3) is 0.318. The number of hydrogen-bond donors (Lipinski definition) is 1. The van der Waals surface area contributed by atoms with Crippen LogP contribution in [0.3, 0.4) is 0 Å². The van der Waals surface area contributed by atoms with Crippen molar-refractivity contribution < 1.29 is 9.53 Å². The molecule has 7 nitrogen and oxygen atoms in total. The SMILES string of the molecule is COc1cccc([C@H](CNC(=O)Cn2nc(C)c3ccccc3c2=O)N(C)C)c1. The zero-order valence-corrected chi connectivity index (χ0v) is 17.2. The van der Waals surface area contributed by atoms with Gasteiger partial charge in [-0.05, 0) is 44.8 Å². The summed E-state index contributed by atoms with van der Waals surface area (Å²) in [6.07, 6.45) is 0. The largest absolute Gasteiger partial charge is 0.497 e. The number of ether oxygens (including phenoxy) is 1. The number of fused-ring (bicyclic) bond motifs is 1. The highest BCUT2D eigenvalue weighted by atomic mass is 16.5. The second kappa shape index (κ2) is 8.87. The first-order valence-corrected chi connectivity index (χ1v) is 9.44. The minimum atomic E-state index is -0.265. The quantitative estimate of drug-likeness (QED) is 0.664. The van der Waals surface area contributed by atoms with Crippen LogP contribution >= 0.6 is 0 Å². The van der Waals surface area contributed by atoms with Crippen LogP contribution in [-0.2, 0) is 11.3 Å². The molecule has 7 heteroatoms. The van der Waals surface area contributed by atoms with Crippen LogP contribution < -0.4 is 15.6 Å². The van der Waals surface area contributed by atoms with Gasteiger partial charge in [0.15, 0.2) is 0 Å². The van der Waals surface area contributed by atoms with Crippen molar-refractivity contribution in [2.45, 2.75) is 19.5 Å². The summed E-state index contributed by atoms with van der Waals surface area (Å²) in [6, 6.07) is 15.0. The van der Waals surface area contributed by atoms with Crippen LogP contribution in [-0.4, -0.2) is 48.3 Å². The molecular weight excluding hydrogens is 368 g/mol. The molecule has 1 aromatic heterocycles. The molecule has 1 heterocycles. The Labute approximate surface area is 169 Å². The molecule has 0 unspecified atom stereocenters. The number of carbonyl (C=O) groups excluding carboxylic acids is 1. The first-order valence-electron chi connectivity index (χ1n) is 9.44. The molecule has 0 saturated heterocycles. The third kappa shape index (κ3) is 4.63. The minimum Gasteiger partial charge on any atom is -0.497 e. The number of rotatable bonds is 7. The van der Waals surface area contributed by atoms with Crippen LogP contribution in [0.15, 0.2) is 53.3 Å². The highest BCUT2D eigenvalue weighted by molar-refractivity contribution is 5.83. The molecule has 0 radical (unpaired) electrons. The Balaban J connectivity index is 1.74. The van der Waals surface area contributed by atoms with Crippen molar-refractivity contribution in [1.29, 1.82) is 0 Å². The monoisotopic (exact) mass is 394 g/mol. The summed E-state index contributed by atoms with van der Waals surface area (Å²) < 4.78 is 6.52. The van der Waals surface area contributed by atoms with E-state index in [0.717, 1.165) is 22.4 Å². The molecule has 152 valence electrons. The standard InChI is InChI=1S/C22H26N4O3/c1-15-18-10-5-6-11-19(18)22(28)26(24-15)14-21(27)23-13-20(25(2)3)16-8-7-9-17(12-16)29-4/h5-12,20H,13-14H2,1-4H3,(H,23,27)/t20-/m0/s1. The first-order chi connectivity index (χ1) is 13.9. The van der Waals surface area contributed by atoms with Gasteiger partial charge in [0.1, 0.15) is 12.3 Å². The van der Waals surface area contributed by atoms with Crippen molar-refractivity contribution in [3.8, 4) is 5.75 Å². The molecule has 1 atom stereocenters. The predicted molar refractivity (Wildman–Crippen MR) is 113 cm³/mol. The van der Waals surface area contributed by atoms with E-state index in [2.05, 4.69) is 10.4 Å². The number of nitrogens with zero attached hydrogens (tertiary/aromatic N) is 3. The highest BCUT2D eigenvalue weighted by Gasteiger charge is 2.17. The van der Waals surface area contributed by atoms with Gasteiger partial charge in [0.05, 0.1) is 24.2 Å². The fourth-order valence-corrected chi connectivity index (χ4v) is 3.36. The maximum atomic E-state index is 12.7. The maximum absolute atomic E-state index is 12.7. The van der Waals surface area contributed by atoms with Gasteiger partial charge in [0.25, 0.3) is 5.56 Å². The summed E-state index contributed by atoms with van der Waals surface area (Å²) in [5.41, 5.74) is 1.49. The molecule has 2 aromatic carbocycles. The van der Waals surface area contributed by atoms with E-state index in [0.29, 0.717) is 11.9 Å². The van der Waals surface area contributed by atoms with E-state index in [1.54, 1.807) is 13.2 Å². The van der Waals surface area contributed by atoms with E-state index >= 15 is 0 Å². The number of amides is 1. The van der Waals surface area contributed by atoms with Crippen molar-refractivity contribution in [3.05, 3.63) is 70.1 Å². The van der Waals surface area contributed by atoms with Crippen LogP contribution in [0.1, 0.15) is 17.3 Å². The molecule has 0 saturated carbocycles. The summed E-state index contributed by atoms with van der Waals surface area (Å²) in [6.45, 7) is 2.12. The third-order valence-electron chi connectivity index (χ3n) is 4.94. The lowest BCUT2D eigenvalue weighted by Crippen LogP contribution is -2.38. The van der Waals surface area contributed by atoms with Crippen LogP contribution in [0.5, 0.6) is 5.75 Å². The van der Waals surface area contributed by atoms with Gasteiger partial charge in [-0.1, -0.05) is 30.3 Å². The zero-order valence-electron chi connectivity index (χ0n) is 17.2. The topological polar surface area (TPSA) is 76.5 Å². The lowest BCUT2D eigenvalue weighted by atomic mass is 10.1. The minimum absolute atomic E-state index is 0.0305. The van der Waals surface area contributed by atoms with Gasteiger partial charge in [-0.25, -0.2) is 4.68 Å². The Bertz CT molecular complexity index is 1080. The number of hydrogen-bond acceptors (Lipinski definition) is 5. The second-order valence-electron chi connectivity index (χ2n) is 7.15. The fourth-order valence-electron chi connectivity index (χ4n) is 3.36. The molecule has 3 rings (SSSR count). The first kappa shape index (κ1) is 20.5. The summed E-state index contributed by atoms with van der Waals surface area (Å²) in [5.74, 6) is 0.507. The van der Waals surface area contributed by atoms with Crippen molar-refractivity contribution >= 4 is 16.7 Å². The van der Waals surface area contributed by atoms with Crippen LogP contribution in [0.25, 0.3) is 10.8 Å². The van der Waals surface area contributed by atoms with Crippen molar-refractivity contribution in [3.63, 3.8) is 0 Å². The second-order valence-corrected chi connectivity index (χ2v) is 7.15. The van der Waals surface area contributed by atoms with Gasteiger partial charge >= 0.3 is 0 Å². The molecular formula is C22H26N4O3. The van der Waals surface area contributed by atoms with E-state index in [4.69, 9.17) is 4.74 Å². The molecule has 0 spiro atoms. The van der Waals surface area contributed by atoms with E-state index in [1.807, 2.05) is 68.4 Å². The average Bonchev–Trinajstić information content (AvgIpc) is 2.72. The molecule has 0 aliphatic rings. The molecule has 29 heavy (non-hydrogen) atoms. The van der Waals surface area contributed by atoms with E-state index < -0.39 is 0 Å². The van der Waals surface area contributed by atoms with Crippen LogP contribution in [0.4, 0.5) is 0 Å². The third-order valence-corrected chi connectivity index (χ3v) is 4.94. The lowest BCUT2D eigenvalue weighted by Gasteiger charge is -2.25. The molecule has 1 amide bonds. The number of aryl methyl sites for hydroxylation is 1. The summed E-state index contributed by atoms with van der Waals surface area (Å²) in [5, 5.41) is 8.59. The Kier molecular flexibility index (Phi) is 6.29. The summed E-state index contributed by atoms with van der Waals surface area (Å²) in [4.78, 5) is 27.2. The average molecular weight is 394 g/mol. The molecule has 3 aromatic rings. The Morgan fingerprint density at radius 2 is 1.90 bits per heavy atom. The Hall–Kier alpha value is -3.19. The van der Waals surface area contributed by atoms with Gasteiger partial charge < -0.3 is 15.0 Å². The Morgan fingerprint density at radius 1 is 1.17 bits per heavy atom. The van der Waals surface area contributed by atoms with E-state index in [-0.39, 0.29) is 24.1 Å². The van der Waals surface area contributed by atoms with Crippen LogP contribution in [0, 0.1) is 6.92 Å². The molecule has 0 aliphatic heterocycles. The van der Waals surface area contributed by atoms with E-state index in [1.165, 1.54) is 4.68 Å². The van der Waals surface area contributed by atoms with Gasteiger partial charge in [0.2, 0.25) is 5.91 Å². The van der Waals surface area contributed by atoms with Crippen molar-refractivity contribution in [2.75, 3.05) is 27.7 Å². The normalized spacial score (nSPS) is 12.2. The maximum Gasteiger partial charge on any atom is 0.275 e. The number of likely N-dealkylation sites (N-methyl/N-ethyl adjacent to an activating group) is 1. The number of carbonyl (C=O) groups is 1. The predicted octanol–water partition coefficient (Wildman–Crippen LogP) is 2.13. The van der Waals surface area contributed by atoms with Gasteiger partial charge in [-0.15, -0.1) is 0 Å². The molecule has 0 bridgehead atoms. The number of aromatic nitrogens is 2. The van der Waals surface area contributed by atoms with E-state index in [9.17, 15) is 9.59 Å². The van der Waals surface area contributed by atoms with Gasteiger partial charge in [0, 0.05) is 11.9 Å². The van der Waals surface area contributed by atoms with Crippen LogP contribution in [0.2, 0.25) is 0 Å². The van der Waals surface area contributed by atoms with Crippen molar-refractivity contribution in [2.24, 2.45) is 0 Å². The smallest absolute Gasteiger partial charge is 0.275 e. The molecule has 0 fully saturated rings. The van der Waals surface area contributed by atoms with Gasteiger partial charge in [-0.2, -0.15) is 5.10 Å². The zero-order chi connectivity index (χ0) is 21.0. The Morgan fingerprint density at radius 3 is 2.59 bits per heavy atom. The highest BCUT2D eigenvalue weighted by Crippen LogP contribution is 2.22. The number of benzene rings is 2. The number of methoxy groups -OCH3 is 1. The van der Waals surface area contributed by atoms with Gasteiger partial charge in [-0.3, -0.25) is 9.59 Å². The lowest BCUT2D eigenvalue weighted by molar-refractivity contribution is -0.122.